The monoisotopic (exact) mass is 398 g/mol. The average Bonchev–Trinajstić information content (AvgIpc) is 3.06. The molecule has 1 aliphatic rings. The zero-order valence-corrected chi connectivity index (χ0v) is 16.2. The van der Waals surface area contributed by atoms with Gasteiger partial charge in [-0.1, -0.05) is 30.3 Å². The van der Waals surface area contributed by atoms with Crippen molar-refractivity contribution in [3.63, 3.8) is 0 Å². The number of urea groups is 1. The molecule has 3 atom stereocenters. The summed E-state index contributed by atoms with van der Waals surface area (Å²) in [5.41, 5.74) is 2.46. The van der Waals surface area contributed by atoms with Gasteiger partial charge in [0, 0.05) is 31.4 Å². The Labute approximate surface area is 169 Å². The van der Waals surface area contributed by atoms with E-state index in [0.717, 1.165) is 11.3 Å². The van der Waals surface area contributed by atoms with Crippen LogP contribution < -0.4 is 21.3 Å². The van der Waals surface area contributed by atoms with E-state index in [1.807, 2.05) is 42.5 Å². The SMILES string of the molecule is CC(=O)Nc1ccc(CN[C@@H]2CO[C@H](CNC(=O)Nc3ccccc3)[C@H]2O)cc1. The number of hydrogen-bond acceptors (Lipinski definition) is 5. The summed E-state index contributed by atoms with van der Waals surface area (Å²) in [7, 11) is 0. The first-order valence-corrected chi connectivity index (χ1v) is 9.51. The molecule has 2 aromatic carbocycles. The molecule has 8 nitrogen and oxygen atoms in total. The van der Waals surface area contributed by atoms with Crippen LogP contribution in [0.2, 0.25) is 0 Å². The summed E-state index contributed by atoms with van der Waals surface area (Å²) in [6, 6.07) is 16.0. The van der Waals surface area contributed by atoms with Crippen LogP contribution in [-0.4, -0.2) is 48.4 Å². The van der Waals surface area contributed by atoms with Gasteiger partial charge in [0.25, 0.3) is 0 Å². The number of rotatable bonds is 7. The second-order valence-corrected chi connectivity index (χ2v) is 6.93. The number of carbonyl (C=O) groups excluding carboxylic acids is 2. The van der Waals surface area contributed by atoms with Crippen LogP contribution in [0.25, 0.3) is 0 Å². The molecule has 5 N–H and O–H groups in total. The fourth-order valence-corrected chi connectivity index (χ4v) is 3.09. The van der Waals surface area contributed by atoms with Gasteiger partial charge in [-0.15, -0.1) is 0 Å². The Balaban J connectivity index is 1.40. The summed E-state index contributed by atoms with van der Waals surface area (Å²) in [6.45, 7) is 2.59. The van der Waals surface area contributed by atoms with E-state index >= 15 is 0 Å². The molecule has 1 saturated heterocycles. The maximum atomic E-state index is 12.0. The number of para-hydroxylation sites is 1. The molecule has 29 heavy (non-hydrogen) atoms. The second kappa shape index (κ2) is 10.0. The Bertz CT molecular complexity index is 813. The van der Waals surface area contributed by atoms with Gasteiger partial charge in [-0.05, 0) is 29.8 Å². The summed E-state index contributed by atoms with van der Waals surface area (Å²) in [4.78, 5) is 23.0. The second-order valence-electron chi connectivity index (χ2n) is 6.93. The van der Waals surface area contributed by atoms with Gasteiger partial charge in [-0.3, -0.25) is 4.79 Å². The number of hydrogen-bond donors (Lipinski definition) is 5. The first-order chi connectivity index (χ1) is 14.0. The number of ether oxygens (including phenoxy) is 1. The van der Waals surface area contributed by atoms with E-state index in [4.69, 9.17) is 4.74 Å². The van der Waals surface area contributed by atoms with Crippen LogP contribution >= 0.6 is 0 Å². The first kappa shape index (κ1) is 20.8. The van der Waals surface area contributed by atoms with Crippen LogP contribution in [-0.2, 0) is 16.1 Å². The molecule has 2 aromatic rings. The van der Waals surface area contributed by atoms with E-state index in [0.29, 0.717) is 18.8 Å². The van der Waals surface area contributed by atoms with Crippen molar-refractivity contribution in [2.45, 2.75) is 31.7 Å². The van der Waals surface area contributed by atoms with Gasteiger partial charge in [0.2, 0.25) is 5.91 Å². The molecule has 0 radical (unpaired) electrons. The predicted molar refractivity (Wildman–Crippen MR) is 111 cm³/mol. The predicted octanol–water partition coefficient (Wildman–Crippen LogP) is 1.68. The molecular formula is C21H26N4O4. The van der Waals surface area contributed by atoms with Gasteiger partial charge in [-0.25, -0.2) is 4.79 Å². The highest BCUT2D eigenvalue weighted by molar-refractivity contribution is 5.89. The van der Waals surface area contributed by atoms with Crippen molar-refractivity contribution in [1.82, 2.24) is 10.6 Å². The molecule has 0 bridgehead atoms. The highest BCUT2D eigenvalue weighted by Crippen LogP contribution is 2.16. The normalized spacial score (nSPS) is 20.8. The van der Waals surface area contributed by atoms with Gasteiger partial charge in [-0.2, -0.15) is 0 Å². The minimum atomic E-state index is -0.731. The lowest BCUT2D eigenvalue weighted by Crippen LogP contribution is -2.45. The third kappa shape index (κ3) is 6.28. The maximum absolute atomic E-state index is 12.0. The van der Waals surface area contributed by atoms with E-state index < -0.39 is 12.2 Å². The lowest BCUT2D eigenvalue weighted by Gasteiger charge is -2.19. The zero-order chi connectivity index (χ0) is 20.6. The van der Waals surface area contributed by atoms with Crippen molar-refractivity contribution in [1.29, 1.82) is 0 Å². The Morgan fingerprint density at radius 2 is 1.72 bits per heavy atom. The van der Waals surface area contributed by atoms with Gasteiger partial charge in [0.05, 0.1) is 18.8 Å². The first-order valence-electron chi connectivity index (χ1n) is 9.51. The van der Waals surface area contributed by atoms with Crippen molar-refractivity contribution < 1.29 is 19.4 Å². The fraction of sp³-hybridized carbons (Fsp3) is 0.333. The molecule has 3 amide bonds. The lowest BCUT2D eigenvalue weighted by atomic mass is 10.1. The molecule has 3 rings (SSSR count). The Kier molecular flexibility index (Phi) is 7.18. The molecule has 1 fully saturated rings. The van der Waals surface area contributed by atoms with Crippen LogP contribution in [0, 0.1) is 0 Å². The molecule has 0 saturated carbocycles. The minimum absolute atomic E-state index is 0.112. The number of anilines is 2. The lowest BCUT2D eigenvalue weighted by molar-refractivity contribution is -0.114. The summed E-state index contributed by atoms with van der Waals surface area (Å²) < 4.78 is 5.63. The van der Waals surface area contributed by atoms with Crippen molar-refractivity contribution >= 4 is 23.3 Å². The summed E-state index contributed by atoms with van der Waals surface area (Å²) >= 11 is 0. The molecular weight excluding hydrogens is 372 g/mol. The summed E-state index contributed by atoms with van der Waals surface area (Å²) in [6.07, 6.45) is -1.21. The number of aliphatic hydroxyl groups excluding tert-OH is 1. The highest BCUT2D eigenvalue weighted by atomic mass is 16.5. The summed E-state index contributed by atoms with van der Waals surface area (Å²) in [5, 5.41) is 21.9. The van der Waals surface area contributed by atoms with E-state index in [9.17, 15) is 14.7 Å². The van der Waals surface area contributed by atoms with Gasteiger partial charge in [0.15, 0.2) is 0 Å². The van der Waals surface area contributed by atoms with Gasteiger partial charge in [0.1, 0.15) is 6.10 Å². The third-order valence-corrected chi connectivity index (χ3v) is 4.62. The van der Waals surface area contributed by atoms with Crippen LogP contribution in [0.4, 0.5) is 16.2 Å². The molecule has 0 aliphatic carbocycles. The molecule has 1 aliphatic heterocycles. The third-order valence-electron chi connectivity index (χ3n) is 4.62. The fourth-order valence-electron chi connectivity index (χ4n) is 3.09. The van der Waals surface area contributed by atoms with Gasteiger partial charge >= 0.3 is 6.03 Å². The van der Waals surface area contributed by atoms with E-state index in [1.54, 1.807) is 12.1 Å². The summed E-state index contributed by atoms with van der Waals surface area (Å²) in [5.74, 6) is -0.112. The van der Waals surface area contributed by atoms with E-state index in [2.05, 4.69) is 21.3 Å². The van der Waals surface area contributed by atoms with Crippen LogP contribution in [0.3, 0.4) is 0 Å². The van der Waals surface area contributed by atoms with Crippen LogP contribution in [0.15, 0.2) is 54.6 Å². The number of benzene rings is 2. The minimum Gasteiger partial charge on any atom is -0.389 e. The van der Waals surface area contributed by atoms with Crippen molar-refractivity contribution in [3.8, 4) is 0 Å². The van der Waals surface area contributed by atoms with E-state index in [1.165, 1.54) is 6.92 Å². The van der Waals surface area contributed by atoms with Crippen molar-refractivity contribution in [2.75, 3.05) is 23.8 Å². The molecule has 8 heteroatoms. The highest BCUT2D eigenvalue weighted by Gasteiger charge is 2.35. The Morgan fingerprint density at radius 3 is 2.41 bits per heavy atom. The largest absolute Gasteiger partial charge is 0.389 e. The number of carbonyl (C=O) groups is 2. The average molecular weight is 398 g/mol. The van der Waals surface area contributed by atoms with Crippen molar-refractivity contribution in [3.05, 3.63) is 60.2 Å². The van der Waals surface area contributed by atoms with E-state index in [-0.39, 0.29) is 24.5 Å². The number of amides is 3. The molecule has 154 valence electrons. The maximum Gasteiger partial charge on any atom is 0.319 e. The Morgan fingerprint density at radius 1 is 1.03 bits per heavy atom. The molecule has 0 aromatic heterocycles. The molecule has 0 spiro atoms. The molecule has 0 unspecified atom stereocenters. The molecule has 1 heterocycles. The standard InChI is InChI=1S/C21H26N4O4/c1-14(26)24-17-9-7-15(8-10-17)11-22-18-13-29-19(20(18)27)12-23-21(28)25-16-5-3-2-4-6-16/h2-10,18-20,22,27H,11-13H2,1H3,(H,24,26)(H2,23,25,28)/t18-,19-,20+/m1/s1. The zero-order valence-electron chi connectivity index (χ0n) is 16.2. The quantitative estimate of drug-likeness (QED) is 0.487. The van der Waals surface area contributed by atoms with Gasteiger partial charge < -0.3 is 31.1 Å². The number of nitrogens with one attached hydrogen (secondary N) is 4. The van der Waals surface area contributed by atoms with Crippen LogP contribution in [0.5, 0.6) is 0 Å². The van der Waals surface area contributed by atoms with Crippen LogP contribution in [0.1, 0.15) is 12.5 Å². The Hall–Kier alpha value is -2.94. The number of aliphatic hydroxyl groups is 1. The smallest absolute Gasteiger partial charge is 0.319 e. The van der Waals surface area contributed by atoms with Crippen molar-refractivity contribution in [2.24, 2.45) is 0 Å². The topological polar surface area (TPSA) is 112 Å².